The van der Waals surface area contributed by atoms with E-state index in [1.54, 1.807) is 18.3 Å². The van der Waals surface area contributed by atoms with Crippen LogP contribution >= 0.6 is 0 Å². The Balaban J connectivity index is 2.02. The van der Waals surface area contributed by atoms with Crippen LogP contribution in [-0.2, 0) is 0 Å². The Labute approximate surface area is 117 Å². The number of phenolic OH excluding ortho intramolecular Hbond substituents is 1. The molecule has 0 saturated carbocycles. The number of hydrazone groups is 1. The van der Waals surface area contributed by atoms with Gasteiger partial charge in [-0.15, -0.1) is 0 Å². The molecule has 0 fully saturated rings. The van der Waals surface area contributed by atoms with Crippen LogP contribution in [0.5, 0.6) is 5.75 Å². The summed E-state index contributed by atoms with van der Waals surface area (Å²) in [6.45, 7) is 4.07. The molecule has 0 saturated heterocycles. The van der Waals surface area contributed by atoms with Crippen LogP contribution in [0.25, 0.3) is 0 Å². The van der Waals surface area contributed by atoms with Crippen LogP contribution in [0.1, 0.15) is 27.0 Å². The van der Waals surface area contributed by atoms with Gasteiger partial charge in [0.15, 0.2) is 0 Å². The second-order valence-electron chi connectivity index (χ2n) is 4.59. The van der Waals surface area contributed by atoms with Gasteiger partial charge in [0.05, 0.1) is 6.21 Å². The van der Waals surface area contributed by atoms with Gasteiger partial charge in [-0.2, -0.15) is 5.10 Å². The number of carbonyl (C=O) groups is 1. The largest absolute Gasteiger partial charge is 0.508 e. The fourth-order valence-corrected chi connectivity index (χ4v) is 1.72. The Morgan fingerprint density at radius 2 is 1.95 bits per heavy atom. The molecule has 4 nitrogen and oxygen atoms in total. The summed E-state index contributed by atoms with van der Waals surface area (Å²) in [6, 6.07) is 12.1. The Morgan fingerprint density at radius 1 is 1.15 bits per heavy atom. The van der Waals surface area contributed by atoms with E-state index >= 15 is 0 Å². The van der Waals surface area contributed by atoms with Gasteiger partial charge in [-0.3, -0.25) is 4.79 Å². The maximum absolute atomic E-state index is 11.8. The highest BCUT2D eigenvalue weighted by molar-refractivity contribution is 5.95. The normalized spacial score (nSPS) is 10.7. The quantitative estimate of drug-likeness (QED) is 0.664. The summed E-state index contributed by atoms with van der Waals surface area (Å²) in [6.07, 6.45) is 1.59. The van der Waals surface area contributed by atoms with Crippen molar-refractivity contribution >= 4 is 12.1 Å². The van der Waals surface area contributed by atoms with Crippen molar-refractivity contribution in [3.05, 3.63) is 64.7 Å². The van der Waals surface area contributed by atoms with Crippen LogP contribution in [-0.4, -0.2) is 17.2 Å². The van der Waals surface area contributed by atoms with E-state index in [1.807, 2.05) is 32.0 Å². The van der Waals surface area contributed by atoms with E-state index in [2.05, 4.69) is 10.5 Å². The zero-order valence-corrected chi connectivity index (χ0v) is 11.4. The first-order valence-electron chi connectivity index (χ1n) is 6.26. The smallest absolute Gasteiger partial charge is 0.271 e. The molecule has 2 rings (SSSR count). The average molecular weight is 268 g/mol. The molecule has 1 amide bonds. The van der Waals surface area contributed by atoms with Crippen molar-refractivity contribution in [2.75, 3.05) is 0 Å². The van der Waals surface area contributed by atoms with Gasteiger partial charge >= 0.3 is 0 Å². The van der Waals surface area contributed by atoms with E-state index in [9.17, 15) is 9.90 Å². The number of phenols is 1. The summed E-state index contributed by atoms with van der Waals surface area (Å²) in [5.74, 6) is -0.309. The molecular weight excluding hydrogens is 252 g/mol. The van der Waals surface area contributed by atoms with Crippen molar-refractivity contribution in [2.24, 2.45) is 5.10 Å². The molecule has 0 atom stereocenters. The standard InChI is InChI=1S/C16H16N2O2/c1-11-6-7-13(8-12(11)2)10-17-18-16(20)14-4-3-5-15(19)9-14/h3-10,19H,1-2H3,(H,18,20)/b17-10-. The Hall–Kier alpha value is -2.62. The van der Waals surface area contributed by atoms with E-state index in [1.165, 1.54) is 23.3 Å². The number of carbonyl (C=O) groups excluding carboxylic acids is 1. The number of rotatable bonds is 3. The highest BCUT2D eigenvalue weighted by Crippen LogP contribution is 2.10. The lowest BCUT2D eigenvalue weighted by Crippen LogP contribution is -2.17. The minimum Gasteiger partial charge on any atom is -0.508 e. The number of nitrogens with zero attached hydrogens (tertiary/aromatic N) is 1. The molecule has 4 heteroatoms. The minimum atomic E-state index is -0.360. The molecule has 0 aromatic heterocycles. The summed E-state index contributed by atoms with van der Waals surface area (Å²) in [5.41, 5.74) is 6.10. The fourth-order valence-electron chi connectivity index (χ4n) is 1.72. The van der Waals surface area contributed by atoms with Crippen molar-refractivity contribution in [1.29, 1.82) is 0 Å². The molecule has 102 valence electrons. The lowest BCUT2D eigenvalue weighted by atomic mass is 10.1. The molecular formula is C16H16N2O2. The zero-order valence-electron chi connectivity index (χ0n) is 11.4. The number of benzene rings is 2. The second kappa shape index (κ2) is 6.02. The third-order valence-electron chi connectivity index (χ3n) is 3.02. The van der Waals surface area contributed by atoms with Crippen molar-refractivity contribution < 1.29 is 9.90 Å². The number of aryl methyl sites for hydroxylation is 2. The highest BCUT2D eigenvalue weighted by atomic mass is 16.3. The van der Waals surface area contributed by atoms with Gasteiger partial charge in [0.1, 0.15) is 5.75 Å². The molecule has 20 heavy (non-hydrogen) atoms. The fraction of sp³-hybridized carbons (Fsp3) is 0.125. The number of hydrogen-bond acceptors (Lipinski definition) is 3. The first kappa shape index (κ1) is 13.8. The second-order valence-corrected chi connectivity index (χ2v) is 4.59. The molecule has 0 aliphatic rings. The average Bonchev–Trinajstić information content (AvgIpc) is 2.42. The molecule has 0 bridgehead atoms. The number of aromatic hydroxyl groups is 1. The van der Waals surface area contributed by atoms with Crippen LogP contribution in [0.2, 0.25) is 0 Å². The minimum absolute atomic E-state index is 0.0517. The summed E-state index contributed by atoms with van der Waals surface area (Å²) in [4.78, 5) is 11.8. The van der Waals surface area contributed by atoms with Gasteiger partial charge in [-0.05, 0) is 48.7 Å². The molecule has 0 radical (unpaired) electrons. The summed E-state index contributed by atoms with van der Waals surface area (Å²) in [5, 5.41) is 13.2. The third kappa shape index (κ3) is 3.45. The van der Waals surface area contributed by atoms with Crippen LogP contribution in [0.3, 0.4) is 0 Å². The van der Waals surface area contributed by atoms with E-state index in [4.69, 9.17) is 0 Å². The summed E-state index contributed by atoms with van der Waals surface area (Å²) < 4.78 is 0. The predicted molar refractivity (Wildman–Crippen MR) is 79.1 cm³/mol. The molecule has 0 spiro atoms. The van der Waals surface area contributed by atoms with Gasteiger partial charge in [0.25, 0.3) is 5.91 Å². The van der Waals surface area contributed by atoms with Crippen molar-refractivity contribution in [2.45, 2.75) is 13.8 Å². The first-order valence-corrected chi connectivity index (χ1v) is 6.26. The van der Waals surface area contributed by atoms with Crippen LogP contribution in [0.15, 0.2) is 47.6 Å². The van der Waals surface area contributed by atoms with Gasteiger partial charge in [-0.25, -0.2) is 5.43 Å². The van der Waals surface area contributed by atoms with Crippen molar-refractivity contribution in [3.8, 4) is 5.75 Å². The van der Waals surface area contributed by atoms with Crippen LogP contribution in [0, 0.1) is 13.8 Å². The van der Waals surface area contributed by atoms with Crippen LogP contribution in [0.4, 0.5) is 0 Å². The van der Waals surface area contributed by atoms with Gasteiger partial charge in [-0.1, -0.05) is 24.3 Å². The molecule has 2 N–H and O–H groups in total. The molecule has 0 aliphatic carbocycles. The Kier molecular flexibility index (Phi) is 4.15. The van der Waals surface area contributed by atoms with E-state index < -0.39 is 0 Å². The lowest BCUT2D eigenvalue weighted by molar-refractivity contribution is 0.0954. The number of hydrogen-bond donors (Lipinski definition) is 2. The highest BCUT2D eigenvalue weighted by Gasteiger charge is 2.04. The summed E-state index contributed by atoms with van der Waals surface area (Å²) >= 11 is 0. The predicted octanol–water partition coefficient (Wildman–Crippen LogP) is 2.77. The lowest BCUT2D eigenvalue weighted by Gasteiger charge is -2.02. The molecule has 2 aromatic rings. The monoisotopic (exact) mass is 268 g/mol. The van der Waals surface area contributed by atoms with E-state index in [-0.39, 0.29) is 11.7 Å². The van der Waals surface area contributed by atoms with Crippen LogP contribution < -0.4 is 5.43 Å². The van der Waals surface area contributed by atoms with Gasteiger partial charge < -0.3 is 5.11 Å². The maximum Gasteiger partial charge on any atom is 0.271 e. The molecule has 2 aromatic carbocycles. The third-order valence-corrected chi connectivity index (χ3v) is 3.02. The van der Waals surface area contributed by atoms with Gasteiger partial charge in [0.2, 0.25) is 0 Å². The van der Waals surface area contributed by atoms with E-state index in [0.29, 0.717) is 5.56 Å². The van der Waals surface area contributed by atoms with Crippen molar-refractivity contribution in [1.82, 2.24) is 5.43 Å². The Bertz CT molecular complexity index is 663. The maximum atomic E-state index is 11.8. The number of amides is 1. The molecule has 0 aliphatic heterocycles. The molecule has 0 heterocycles. The number of nitrogens with one attached hydrogen (secondary N) is 1. The topological polar surface area (TPSA) is 61.7 Å². The summed E-state index contributed by atoms with van der Waals surface area (Å²) in [7, 11) is 0. The van der Waals surface area contributed by atoms with E-state index in [0.717, 1.165) is 5.56 Å². The van der Waals surface area contributed by atoms with Gasteiger partial charge in [0, 0.05) is 5.56 Å². The first-order chi connectivity index (χ1) is 9.56. The molecule has 0 unspecified atom stereocenters. The zero-order chi connectivity index (χ0) is 14.5. The Morgan fingerprint density at radius 3 is 2.65 bits per heavy atom. The SMILES string of the molecule is Cc1ccc(/C=N\NC(=O)c2cccc(O)c2)cc1C. The van der Waals surface area contributed by atoms with Crippen molar-refractivity contribution in [3.63, 3.8) is 0 Å².